The topological polar surface area (TPSA) is 39.1 Å². The number of nitriles is 1. The molecule has 4 heteroatoms. The molecule has 0 aromatic heterocycles. The van der Waals surface area contributed by atoms with Crippen molar-refractivity contribution < 1.29 is 4.39 Å². The zero-order valence-corrected chi connectivity index (χ0v) is 10.5. The molecule has 0 unspecified atom stereocenters. The van der Waals surface area contributed by atoms with Gasteiger partial charge in [-0.05, 0) is 57.1 Å². The minimum absolute atomic E-state index is 0.0968. The van der Waals surface area contributed by atoms with Gasteiger partial charge in [0.2, 0.25) is 0 Å². The molecule has 0 amide bonds. The third-order valence-corrected chi connectivity index (χ3v) is 3.27. The Morgan fingerprint density at radius 2 is 2.11 bits per heavy atom. The van der Waals surface area contributed by atoms with E-state index in [1.54, 1.807) is 12.1 Å². The van der Waals surface area contributed by atoms with Gasteiger partial charge in [0.1, 0.15) is 11.9 Å². The molecule has 1 aromatic carbocycles. The van der Waals surface area contributed by atoms with Crippen LogP contribution in [0.15, 0.2) is 18.2 Å². The van der Waals surface area contributed by atoms with Crippen LogP contribution in [0.5, 0.6) is 0 Å². The highest BCUT2D eigenvalue weighted by molar-refractivity contribution is 5.49. The summed E-state index contributed by atoms with van der Waals surface area (Å²) in [7, 11) is 0. The maximum atomic E-state index is 13.1. The van der Waals surface area contributed by atoms with Gasteiger partial charge >= 0.3 is 0 Å². The van der Waals surface area contributed by atoms with Crippen molar-refractivity contribution >= 4 is 5.69 Å². The molecule has 1 aromatic rings. The molecule has 1 aliphatic rings. The maximum absolute atomic E-state index is 13.1. The standard InChI is InChI=1S/C14H18FN3/c15-14-5-4-13(10-12(14)11-16)17-6-3-9-18-7-1-2-8-18/h4-5,10,17H,1-3,6-9H2. The summed E-state index contributed by atoms with van der Waals surface area (Å²) >= 11 is 0. The summed E-state index contributed by atoms with van der Waals surface area (Å²) in [4.78, 5) is 2.47. The van der Waals surface area contributed by atoms with Crippen LogP contribution in [0, 0.1) is 17.1 Å². The van der Waals surface area contributed by atoms with Gasteiger partial charge in [-0.1, -0.05) is 0 Å². The molecule has 2 rings (SSSR count). The second-order valence-electron chi connectivity index (χ2n) is 4.64. The molecule has 0 bridgehead atoms. The summed E-state index contributed by atoms with van der Waals surface area (Å²) in [6.45, 7) is 4.40. The van der Waals surface area contributed by atoms with Crippen molar-refractivity contribution in [2.45, 2.75) is 19.3 Å². The van der Waals surface area contributed by atoms with Crippen molar-refractivity contribution in [3.05, 3.63) is 29.6 Å². The Kier molecular flexibility index (Phi) is 4.54. The highest BCUT2D eigenvalue weighted by Crippen LogP contribution is 2.14. The van der Waals surface area contributed by atoms with Crippen molar-refractivity contribution in [1.82, 2.24) is 4.90 Å². The largest absolute Gasteiger partial charge is 0.385 e. The molecule has 1 saturated heterocycles. The van der Waals surface area contributed by atoms with Crippen LogP contribution in [0.2, 0.25) is 0 Å². The number of nitrogens with one attached hydrogen (secondary N) is 1. The number of hydrogen-bond donors (Lipinski definition) is 1. The van der Waals surface area contributed by atoms with E-state index in [1.165, 1.54) is 32.0 Å². The molecule has 1 aliphatic heterocycles. The zero-order valence-electron chi connectivity index (χ0n) is 10.5. The highest BCUT2D eigenvalue weighted by Gasteiger charge is 2.10. The van der Waals surface area contributed by atoms with E-state index in [0.29, 0.717) is 0 Å². The SMILES string of the molecule is N#Cc1cc(NCCCN2CCCC2)ccc1F. The van der Waals surface area contributed by atoms with Crippen molar-refractivity contribution in [2.75, 3.05) is 31.5 Å². The monoisotopic (exact) mass is 247 g/mol. The highest BCUT2D eigenvalue weighted by atomic mass is 19.1. The second-order valence-corrected chi connectivity index (χ2v) is 4.64. The smallest absolute Gasteiger partial charge is 0.141 e. The molecule has 1 fully saturated rings. The van der Waals surface area contributed by atoms with E-state index in [1.807, 2.05) is 6.07 Å². The first-order valence-corrected chi connectivity index (χ1v) is 6.45. The number of halogens is 1. The molecular formula is C14H18FN3. The Balaban J connectivity index is 1.74. The van der Waals surface area contributed by atoms with Crippen LogP contribution >= 0.6 is 0 Å². The van der Waals surface area contributed by atoms with E-state index in [4.69, 9.17) is 5.26 Å². The Labute approximate surface area is 107 Å². The first-order chi connectivity index (χ1) is 8.79. The minimum atomic E-state index is -0.458. The third-order valence-electron chi connectivity index (χ3n) is 3.27. The Morgan fingerprint density at radius 3 is 2.83 bits per heavy atom. The van der Waals surface area contributed by atoms with Crippen LogP contribution in [0.4, 0.5) is 10.1 Å². The molecule has 1 N–H and O–H groups in total. The molecule has 1 heterocycles. The minimum Gasteiger partial charge on any atom is -0.385 e. The fraction of sp³-hybridized carbons (Fsp3) is 0.500. The van der Waals surface area contributed by atoms with Gasteiger partial charge in [-0.3, -0.25) is 0 Å². The number of nitrogens with zero attached hydrogens (tertiary/aromatic N) is 2. The molecule has 0 aliphatic carbocycles. The quantitative estimate of drug-likeness (QED) is 0.813. The lowest BCUT2D eigenvalue weighted by Gasteiger charge is -2.14. The van der Waals surface area contributed by atoms with Crippen molar-refractivity contribution in [1.29, 1.82) is 5.26 Å². The predicted molar refractivity (Wildman–Crippen MR) is 69.9 cm³/mol. The average Bonchev–Trinajstić information content (AvgIpc) is 2.89. The number of rotatable bonds is 5. The average molecular weight is 247 g/mol. The lowest BCUT2D eigenvalue weighted by Crippen LogP contribution is -2.22. The van der Waals surface area contributed by atoms with Crippen LogP contribution in [0.1, 0.15) is 24.8 Å². The van der Waals surface area contributed by atoms with E-state index in [9.17, 15) is 4.39 Å². The summed E-state index contributed by atoms with van der Waals surface area (Å²) in [6.07, 6.45) is 3.70. The van der Waals surface area contributed by atoms with Crippen LogP contribution in [0.25, 0.3) is 0 Å². The van der Waals surface area contributed by atoms with Gasteiger partial charge in [-0.15, -0.1) is 0 Å². The third kappa shape index (κ3) is 3.44. The van der Waals surface area contributed by atoms with Gasteiger partial charge in [0.05, 0.1) is 5.56 Å². The summed E-state index contributed by atoms with van der Waals surface area (Å²) in [6, 6.07) is 6.42. The van der Waals surface area contributed by atoms with Crippen LogP contribution in [0.3, 0.4) is 0 Å². The van der Waals surface area contributed by atoms with Gasteiger partial charge < -0.3 is 10.2 Å². The molecule has 0 atom stereocenters. The molecule has 0 saturated carbocycles. The normalized spacial score (nSPS) is 15.6. The van der Waals surface area contributed by atoms with Gasteiger partial charge in [0, 0.05) is 12.2 Å². The van der Waals surface area contributed by atoms with E-state index >= 15 is 0 Å². The van der Waals surface area contributed by atoms with Gasteiger partial charge in [0.15, 0.2) is 0 Å². The number of likely N-dealkylation sites (tertiary alicyclic amines) is 1. The van der Waals surface area contributed by atoms with Crippen LogP contribution in [-0.4, -0.2) is 31.1 Å². The molecule has 3 nitrogen and oxygen atoms in total. The number of anilines is 1. The lowest BCUT2D eigenvalue weighted by atomic mass is 10.2. The number of benzene rings is 1. The predicted octanol–water partition coefficient (Wildman–Crippen LogP) is 2.60. The lowest BCUT2D eigenvalue weighted by molar-refractivity contribution is 0.337. The van der Waals surface area contributed by atoms with E-state index in [0.717, 1.165) is 25.2 Å². The first-order valence-electron chi connectivity index (χ1n) is 6.45. The Hall–Kier alpha value is -1.60. The Bertz CT molecular complexity index is 433. The molecule has 18 heavy (non-hydrogen) atoms. The molecule has 0 radical (unpaired) electrons. The summed E-state index contributed by atoms with van der Waals surface area (Å²) in [5.74, 6) is -0.458. The summed E-state index contributed by atoms with van der Waals surface area (Å²) in [5, 5.41) is 12.0. The van der Waals surface area contributed by atoms with Crippen LogP contribution < -0.4 is 5.32 Å². The van der Waals surface area contributed by atoms with Crippen molar-refractivity contribution in [3.63, 3.8) is 0 Å². The van der Waals surface area contributed by atoms with E-state index in [2.05, 4.69) is 10.2 Å². The number of hydrogen-bond acceptors (Lipinski definition) is 3. The van der Waals surface area contributed by atoms with Crippen molar-refractivity contribution in [2.24, 2.45) is 0 Å². The first kappa shape index (κ1) is 12.8. The van der Waals surface area contributed by atoms with Gasteiger partial charge in [-0.25, -0.2) is 4.39 Å². The zero-order chi connectivity index (χ0) is 12.8. The van der Waals surface area contributed by atoms with Crippen LogP contribution in [-0.2, 0) is 0 Å². The Morgan fingerprint density at radius 1 is 1.33 bits per heavy atom. The fourth-order valence-corrected chi connectivity index (χ4v) is 2.26. The molecule has 96 valence electrons. The van der Waals surface area contributed by atoms with E-state index in [-0.39, 0.29) is 5.56 Å². The van der Waals surface area contributed by atoms with Crippen molar-refractivity contribution in [3.8, 4) is 6.07 Å². The molecule has 0 spiro atoms. The molecular weight excluding hydrogens is 229 g/mol. The second kappa shape index (κ2) is 6.36. The fourth-order valence-electron chi connectivity index (χ4n) is 2.26. The van der Waals surface area contributed by atoms with Gasteiger partial charge in [0.25, 0.3) is 0 Å². The maximum Gasteiger partial charge on any atom is 0.141 e. The van der Waals surface area contributed by atoms with Gasteiger partial charge in [-0.2, -0.15) is 5.26 Å². The summed E-state index contributed by atoms with van der Waals surface area (Å²) < 4.78 is 13.1. The van der Waals surface area contributed by atoms with E-state index < -0.39 is 5.82 Å². The summed E-state index contributed by atoms with van der Waals surface area (Å²) in [5.41, 5.74) is 0.911.